The van der Waals surface area contributed by atoms with E-state index in [1.165, 1.54) is 18.2 Å². The Kier molecular flexibility index (Phi) is 6.04. The molecule has 31 heavy (non-hydrogen) atoms. The van der Waals surface area contributed by atoms with E-state index in [1.54, 1.807) is 40.4 Å². The first-order valence-electron chi connectivity index (χ1n) is 9.75. The average molecular weight is 433 g/mol. The van der Waals surface area contributed by atoms with Crippen molar-refractivity contribution in [1.29, 1.82) is 0 Å². The Bertz CT molecular complexity index is 1220. The normalized spacial score (nSPS) is 11.2. The summed E-state index contributed by atoms with van der Waals surface area (Å²) in [5.41, 5.74) is 5.31. The molecule has 0 saturated heterocycles. The third-order valence-electron chi connectivity index (χ3n) is 4.74. The number of carbonyl (C=O) groups is 1. The van der Waals surface area contributed by atoms with Crippen LogP contribution in [0.2, 0.25) is 0 Å². The molecule has 0 unspecified atom stereocenters. The number of benzene rings is 2. The Morgan fingerprint density at radius 1 is 1.16 bits per heavy atom. The van der Waals surface area contributed by atoms with Crippen LogP contribution in [-0.2, 0) is 18.3 Å². The van der Waals surface area contributed by atoms with Crippen molar-refractivity contribution in [2.75, 3.05) is 5.32 Å². The molecule has 1 N–H and O–H groups in total. The van der Waals surface area contributed by atoms with E-state index in [9.17, 15) is 9.18 Å². The van der Waals surface area contributed by atoms with Crippen LogP contribution in [0.5, 0.6) is 0 Å². The largest absolute Gasteiger partial charge is 0.323 e. The highest BCUT2D eigenvalue weighted by Gasteiger charge is 2.10. The van der Waals surface area contributed by atoms with E-state index in [-0.39, 0.29) is 11.7 Å². The Balaban J connectivity index is 1.41. The van der Waals surface area contributed by atoms with E-state index < -0.39 is 0 Å². The summed E-state index contributed by atoms with van der Waals surface area (Å²) in [6, 6.07) is 13.9. The molecule has 7 heteroatoms. The Hall–Kier alpha value is -3.58. The van der Waals surface area contributed by atoms with E-state index in [4.69, 9.17) is 0 Å². The minimum Gasteiger partial charge on any atom is -0.323 e. The van der Waals surface area contributed by atoms with Gasteiger partial charge in [-0.25, -0.2) is 9.37 Å². The predicted molar refractivity (Wildman–Crippen MR) is 122 cm³/mol. The molecule has 0 saturated carbocycles. The molecule has 0 aliphatic rings. The molecule has 0 atom stereocenters. The van der Waals surface area contributed by atoms with E-state index in [2.05, 4.69) is 15.4 Å². The first-order chi connectivity index (χ1) is 15.0. The lowest BCUT2D eigenvalue weighted by molar-refractivity contribution is -0.111. The number of halogens is 1. The molecule has 4 aromatic rings. The first-order valence-corrected chi connectivity index (χ1v) is 10.6. The van der Waals surface area contributed by atoms with Gasteiger partial charge in [-0.1, -0.05) is 12.1 Å². The minimum atomic E-state index is -0.296. The highest BCUT2D eigenvalue weighted by molar-refractivity contribution is 7.09. The lowest BCUT2D eigenvalue weighted by Crippen LogP contribution is -2.07. The number of nitrogens with zero attached hydrogens (tertiary/aromatic N) is 3. The summed E-state index contributed by atoms with van der Waals surface area (Å²) >= 11 is 1.65. The van der Waals surface area contributed by atoms with Crippen LogP contribution in [0, 0.1) is 12.7 Å². The third-order valence-corrected chi connectivity index (χ3v) is 5.71. The van der Waals surface area contributed by atoms with Crippen LogP contribution in [0.25, 0.3) is 17.3 Å². The van der Waals surface area contributed by atoms with Crippen molar-refractivity contribution in [1.82, 2.24) is 14.8 Å². The molecule has 0 aliphatic carbocycles. The second-order valence-electron chi connectivity index (χ2n) is 7.16. The number of hydrogen-bond donors (Lipinski definition) is 1. The van der Waals surface area contributed by atoms with Crippen molar-refractivity contribution in [3.63, 3.8) is 0 Å². The Morgan fingerprint density at radius 3 is 2.58 bits per heavy atom. The fourth-order valence-corrected chi connectivity index (χ4v) is 4.06. The number of hydrogen-bond acceptors (Lipinski definition) is 4. The fraction of sp³-hybridized carbons (Fsp3) is 0.125. The standard InChI is InChI=1S/C24H21FN4OS/c1-16-15-31-23(27-16)13-17-3-10-21(11-4-17)28-22(30)12-7-19-14-26-29(2)24(19)18-5-8-20(25)9-6-18/h3-12,14-15H,13H2,1-2H3,(H,28,30)/b12-7+. The minimum absolute atomic E-state index is 0.239. The number of amides is 1. The molecule has 0 bridgehead atoms. The van der Waals surface area contributed by atoms with Gasteiger partial charge in [-0.3, -0.25) is 9.48 Å². The Morgan fingerprint density at radius 2 is 1.90 bits per heavy atom. The summed E-state index contributed by atoms with van der Waals surface area (Å²) in [4.78, 5) is 16.9. The number of rotatable bonds is 6. The van der Waals surface area contributed by atoms with Crippen LogP contribution in [0.4, 0.5) is 10.1 Å². The lowest BCUT2D eigenvalue weighted by atomic mass is 10.1. The molecule has 0 spiro atoms. The summed E-state index contributed by atoms with van der Waals surface area (Å²) in [5, 5.41) is 10.2. The molecule has 5 nitrogen and oxygen atoms in total. The third kappa shape index (κ3) is 5.13. The van der Waals surface area contributed by atoms with Crippen molar-refractivity contribution >= 4 is 29.0 Å². The average Bonchev–Trinajstić information content (AvgIpc) is 3.33. The molecule has 0 fully saturated rings. The van der Waals surface area contributed by atoms with Crippen molar-refractivity contribution in [3.05, 3.63) is 93.8 Å². The van der Waals surface area contributed by atoms with Gasteiger partial charge < -0.3 is 5.32 Å². The Labute approximate surface area is 183 Å². The maximum atomic E-state index is 13.2. The van der Waals surface area contributed by atoms with E-state index >= 15 is 0 Å². The fourth-order valence-electron chi connectivity index (χ4n) is 3.25. The molecule has 156 valence electrons. The topological polar surface area (TPSA) is 59.8 Å². The number of aryl methyl sites for hydroxylation is 2. The monoisotopic (exact) mass is 432 g/mol. The second kappa shape index (κ2) is 9.06. The van der Waals surface area contributed by atoms with Crippen LogP contribution in [0.1, 0.15) is 21.8 Å². The van der Waals surface area contributed by atoms with Gasteiger partial charge >= 0.3 is 0 Å². The van der Waals surface area contributed by atoms with E-state index in [1.807, 2.05) is 43.6 Å². The molecular formula is C24H21FN4OS. The first kappa shape index (κ1) is 20.7. The number of carbonyl (C=O) groups excluding carboxylic acids is 1. The van der Waals surface area contributed by atoms with Crippen molar-refractivity contribution in [3.8, 4) is 11.3 Å². The van der Waals surface area contributed by atoms with Crippen molar-refractivity contribution in [2.45, 2.75) is 13.3 Å². The van der Waals surface area contributed by atoms with Gasteiger partial charge in [0.1, 0.15) is 5.82 Å². The molecule has 0 radical (unpaired) electrons. The molecular weight excluding hydrogens is 411 g/mol. The number of thiazole rings is 1. The summed E-state index contributed by atoms with van der Waals surface area (Å²) in [6.45, 7) is 1.99. The summed E-state index contributed by atoms with van der Waals surface area (Å²) in [6.07, 6.45) is 5.63. The molecule has 1 amide bonds. The molecule has 4 rings (SSSR count). The SMILES string of the molecule is Cc1csc(Cc2ccc(NC(=O)/C=C/c3cnn(C)c3-c3ccc(F)cc3)cc2)n1. The van der Waals surface area contributed by atoms with Crippen LogP contribution in [-0.4, -0.2) is 20.7 Å². The van der Waals surface area contributed by atoms with Gasteiger partial charge in [0.05, 0.1) is 16.9 Å². The summed E-state index contributed by atoms with van der Waals surface area (Å²) < 4.78 is 14.9. The van der Waals surface area contributed by atoms with Crippen LogP contribution < -0.4 is 5.32 Å². The number of aromatic nitrogens is 3. The lowest BCUT2D eigenvalue weighted by Gasteiger charge is -2.05. The number of anilines is 1. The zero-order valence-electron chi connectivity index (χ0n) is 17.2. The van der Waals surface area contributed by atoms with Crippen LogP contribution >= 0.6 is 11.3 Å². The van der Waals surface area contributed by atoms with Crippen LogP contribution in [0.15, 0.2) is 66.2 Å². The van der Waals surface area contributed by atoms with Gasteiger partial charge in [-0.05, 0) is 55.0 Å². The quantitative estimate of drug-likeness (QED) is 0.424. The van der Waals surface area contributed by atoms with Gasteiger partial charge in [0.25, 0.3) is 0 Å². The van der Waals surface area contributed by atoms with Gasteiger partial charge in [-0.15, -0.1) is 11.3 Å². The highest BCUT2D eigenvalue weighted by Crippen LogP contribution is 2.24. The van der Waals surface area contributed by atoms with Crippen molar-refractivity contribution in [2.24, 2.45) is 7.05 Å². The smallest absolute Gasteiger partial charge is 0.248 e. The zero-order chi connectivity index (χ0) is 21.8. The van der Waals surface area contributed by atoms with Gasteiger partial charge in [0.15, 0.2) is 0 Å². The highest BCUT2D eigenvalue weighted by atomic mass is 32.1. The maximum absolute atomic E-state index is 13.2. The van der Waals surface area contributed by atoms with Gasteiger partial charge in [-0.2, -0.15) is 5.10 Å². The summed E-state index contributed by atoms with van der Waals surface area (Å²) in [7, 11) is 1.81. The molecule has 2 aromatic heterocycles. The van der Waals surface area contributed by atoms with Crippen molar-refractivity contribution < 1.29 is 9.18 Å². The van der Waals surface area contributed by atoms with Crippen LogP contribution in [0.3, 0.4) is 0 Å². The second-order valence-corrected chi connectivity index (χ2v) is 8.10. The van der Waals surface area contributed by atoms with Gasteiger partial charge in [0.2, 0.25) is 5.91 Å². The molecule has 2 heterocycles. The zero-order valence-corrected chi connectivity index (χ0v) is 18.0. The van der Waals surface area contributed by atoms with E-state index in [0.717, 1.165) is 45.2 Å². The summed E-state index contributed by atoms with van der Waals surface area (Å²) in [5.74, 6) is -0.535. The van der Waals surface area contributed by atoms with E-state index in [0.29, 0.717) is 0 Å². The number of nitrogens with one attached hydrogen (secondary N) is 1. The van der Waals surface area contributed by atoms with Gasteiger partial charge in [0, 0.05) is 47.4 Å². The predicted octanol–water partition coefficient (Wildman–Crippen LogP) is 5.23. The maximum Gasteiger partial charge on any atom is 0.248 e. The molecule has 2 aromatic carbocycles. The molecule has 0 aliphatic heterocycles.